The molecule has 3 atom stereocenters. The lowest BCUT2D eigenvalue weighted by molar-refractivity contribution is -0.121. The van der Waals surface area contributed by atoms with E-state index in [2.05, 4.69) is 11.9 Å². The predicted octanol–water partition coefficient (Wildman–Crippen LogP) is 0.668. The fourth-order valence-electron chi connectivity index (χ4n) is 2.12. The number of likely N-dealkylation sites (tertiary alicyclic amines) is 1. The minimum Gasteiger partial charge on any atom is -0.298 e. The Bertz CT molecular complexity index is 178. The van der Waals surface area contributed by atoms with Gasteiger partial charge in [0, 0.05) is 6.04 Å². The molecule has 2 heteroatoms. The normalized spacial score (nSPS) is 45.2. The minimum absolute atomic E-state index is 0.253. The van der Waals surface area contributed by atoms with Gasteiger partial charge in [0.1, 0.15) is 5.78 Å². The van der Waals surface area contributed by atoms with E-state index >= 15 is 0 Å². The average molecular weight is 139 g/mol. The summed E-state index contributed by atoms with van der Waals surface area (Å²) in [6.45, 7) is 1.70. The van der Waals surface area contributed by atoms with Crippen LogP contribution in [0.5, 0.6) is 0 Å². The molecular formula is C8H13NO. The maximum absolute atomic E-state index is 11.0. The first-order valence-corrected chi connectivity index (χ1v) is 3.92. The fourth-order valence-corrected chi connectivity index (χ4v) is 2.12. The summed E-state index contributed by atoms with van der Waals surface area (Å²) >= 11 is 0. The van der Waals surface area contributed by atoms with Crippen molar-refractivity contribution >= 4 is 5.78 Å². The fraction of sp³-hybridized carbons (Fsp3) is 0.875. The Balaban J connectivity index is 2.07. The molecule has 56 valence electrons. The Labute approximate surface area is 61.2 Å². The first kappa shape index (κ1) is 6.35. The van der Waals surface area contributed by atoms with Crippen molar-refractivity contribution in [1.82, 2.24) is 4.90 Å². The molecule has 1 aliphatic heterocycles. The summed E-state index contributed by atoms with van der Waals surface area (Å²) in [5, 5.41) is 0. The second-order valence-corrected chi connectivity index (χ2v) is 3.59. The third-order valence-corrected chi connectivity index (χ3v) is 2.90. The zero-order valence-electron chi connectivity index (χ0n) is 6.50. The molecule has 1 saturated heterocycles. The van der Waals surface area contributed by atoms with Gasteiger partial charge in [-0.15, -0.1) is 0 Å². The van der Waals surface area contributed by atoms with Crippen molar-refractivity contribution < 1.29 is 4.79 Å². The highest BCUT2D eigenvalue weighted by atomic mass is 16.1. The van der Waals surface area contributed by atoms with Gasteiger partial charge in [-0.05, 0) is 32.7 Å². The predicted molar refractivity (Wildman–Crippen MR) is 38.7 cm³/mol. The van der Waals surface area contributed by atoms with E-state index in [0.29, 0.717) is 5.78 Å². The Morgan fingerprint density at radius 3 is 2.50 bits per heavy atom. The highest BCUT2D eigenvalue weighted by molar-refractivity contribution is 5.82. The van der Waals surface area contributed by atoms with E-state index in [4.69, 9.17) is 0 Å². The van der Waals surface area contributed by atoms with Gasteiger partial charge in [-0.25, -0.2) is 0 Å². The molecule has 0 aromatic rings. The first-order chi connectivity index (χ1) is 4.70. The summed E-state index contributed by atoms with van der Waals surface area (Å²) < 4.78 is 0. The molecule has 1 aliphatic carbocycles. The van der Waals surface area contributed by atoms with Gasteiger partial charge in [0.15, 0.2) is 0 Å². The van der Waals surface area contributed by atoms with Gasteiger partial charge in [0.25, 0.3) is 0 Å². The smallest absolute Gasteiger partial charge is 0.146 e. The highest BCUT2D eigenvalue weighted by Crippen LogP contribution is 2.46. The summed E-state index contributed by atoms with van der Waals surface area (Å²) in [5.74, 6) is 1.20. The quantitative estimate of drug-likeness (QED) is 0.532. The third-order valence-electron chi connectivity index (χ3n) is 2.90. The van der Waals surface area contributed by atoms with Gasteiger partial charge in [-0.2, -0.15) is 0 Å². The number of hydrogen-bond acceptors (Lipinski definition) is 2. The van der Waals surface area contributed by atoms with Crippen LogP contribution in [0.1, 0.15) is 19.8 Å². The zero-order valence-corrected chi connectivity index (χ0v) is 6.50. The number of nitrogens with zero attached hydrogens (tertiary/aromatic N) is 1. The van der Waals surface area contributed by atoms with E-state index in [1.165, 1.54) is 6.42 Å². The second-order valence-electron chi connectivity index (χ2n) is 3.59. The van der Waals surface area contributed by atoms with E-state index in [9.17, 15) is 4.79 Å². The monoisotopic (exact) mass is 139 g/mol. The van der Waals surface area contributed by atoms with Gasteiger partial charge >= 0.3 is 0 Å². The zero-order chi connectivity index (χ0) is 7.30. The molecule has 2 nitrogen and oxygen atoms in total. The van der Waals surface area contributed by atoms with E-state index in [1.807, 2.05) is 0 Å². The van der Waals surface area contributed by atoms with Crippen molar-refractivity contribution in [2.75, 3.05) is 7.05 Å². The lowest BCUT2D eigenvalue weighted by Gasteiger charge is -2.19. The molecule has 2 rings (SSSR count). The molecule has 0 bridgehead atoms. The lowest BCUT2D eigenvalue weighted by atomic mass is 10.1. The number of carbonyl (C=O) groups is 1. The highest BCUT2D eigenvalue weighted by Gasteiger charge is 2.51. The Morgan fingerprint density at radius 2 is 2.20 bits per heavy atom. The number of carbonyl (C=O) groups excluding carboxylic acids is 1. The van der Waals surface area contributed by atoms with Crippen molar-refractivity contribution in [2.24, 2.45) is 5.92 Å². The van der Waals surface area contributed by atoms with Gasteiger partial charge in [-0.1, -0.05) is 0 Å². The Morgan fingerprint density at radius 1 is 1.50 bits per heavy atom. The first-order valence-electron chi connectivity index (χ1n) is 3.92. The van der Waals surface area contributed by atoms with Crippen LogP contribution in [0.25, 0.3) is 0 Å². The van der Waals surface area contributed by atoms with Crippen LogP contribution in [-0.4, -0.2) is 29.8 Å². The average Bonchev–Trinajstić information content (AvgIpc) is 2.54. The van der Waals surface area contributed by atoms with Crippen LogP contribution in [0, 0.1) is 5.92 Å². The number of piperidine rings is 1. The van der Waals surface area contributed by atoms with Gasteiger partial charge in [-0.3, -0.25) is 9.69 Å². The largest absolute Gasteiger partial charge is 0.298 e. The molecule has 0 amide bonds. The molecule has 10 heavy (non-hydrogen) atoms. The molecule has 3 unspecified atom stereocenters. The number of ketones is 1. The van der Waals surface area contributed by atoms with Gasteiger partial charge < -0.3 is 0 Å². The lowest BCUT2D eigenvalue weighted by Crippen LogP contribution is -2.34. The Kier molecular flexibility index (Phi) is 1.15. The van der Waals surface area contributed by atoms with Crippen molar-refractivity contribution in [3.05, 3.63) is 0 Å². The molecule has 0 N–H and O–H groups in total. The summed E-state index contributed by atoms with van der Waals surface area (Å²) in [4.78, 5) is 13.2. The molecular weight excluding hydrogens is 126 g/mol. The maximum atomic E-state index is 11.0. The van der Waals surface area contributed by atoms with Crippen molar-refractivity contribution in [3.63, 3.8) is 0 Å². The van der Waals surface area contributed by atoms with Crippen molar-refractivity contribution in [3.8, 4) is 0 Å². The van der Waals surface area contributed by atoms with Crippen LogP contribution >= 0.6 is 0 Å². The molecule has 0 aromatic carbocycles. The maximum Gasteiger partial charge on any atom is 0.146 e. The molecule has 2 fully saturated rings. The topological polar surface area (TPSA) is 20.3 Å². The standard InChI is InChI=1S/C8H13NO/c1-5(10)7-3-6-4-8(6)9(7)2/h6-8H,3-4H2,1-2H3. The summed E-state index contributed by atoms with van der Waals surface area (Å²) in [7, 11) is 2.07. The molecule has 0 spiro atoms. The van der Waals surface area contributed by atoms with Crippen LogP contribution in [0.3, 0.4) is 0 Å². The van der Waals surface area contributed by atoms with E-state index < -0.39 is 0 Å². The van der Waals surface area contributed by atoms with Crippen LogP contribution in [0.15, 0.2) is 0 Å². The molecule has 1 saturated carbocycles. The van der Waals surface area contributed by atoms with Crippen LogP contribution in [0.4, 0.5) is 0 Å². The Hall–Kier alpha value is -0.370. The van der Waals surface area contributed by atoms with Crippen LogP contribution < -0.4 is 0 Å². The van der Waals surface area contributed by atoms with Crippen LogP contribution in [-0.2, 0) is 4.79 Å². The summed E-state index contributed by atoms with van der Waals surface area (Å²) in [5.41, 5.74) is 0. The number of hydrogen-bond donors (Lipinski definition) is 0. The summed E-state index contributed by atoms with van der Waals surface area (Å²) in [6, 6.07) is 1.01. The molecule has 0 radical (unpaired) electrons. The van der Waals surface area contributed by atoms with E-state index in [-0.39, 0.29) is 6.04 Å². The molecule has 1 heterocycles. The third kappa shape index (κ3) is 0.717. The van der Waals surface area contributed by atoms with Crippen molar-refractivity contribution in [1.29, 1.82) is 0 Å². The molecule has 2 aliphatic rings. The van der Waals surface area contributed by atoms with E-state index in [0.717, 1.165) is 18.4 Å². The number of Topliss-reactive ketones (excluding diaryl/α,β-unsaturated/α-hetero) is 1. The number of fused-ring (bicyclic) bond motifs is 1. The van der Waals surface area contributed by atoms with E-state index in [1.54, 1.807) is 6.92 Å². The molecule has 0 aromatic heterocycles. The van der Waals surface area contributed by atoms with Crippen molar-refractivity contribution in [2.45, 2.75) is 31.8 Å². The van der Waals surface area contributed by atoms with Gasteiger partial charge in [0.2, 0.25) is 0 Å². The van der Waals surface area contributed by atoms with Gasteiger partial charge in [0.05, 0.1) is 6.04 Å². The second kappa shape index (κ2) is 1.82. The number of likely N-dealkylation sites (N-methyl/N-ethyl adjacent to an activating group) is 1. The SMILES string of the molecule is CC(=O)C1CC2CC2N1C. The minimum atomic E-state index is 0.253. The summed E-state index contributed by atoms with van der Waals surface area (Å²) in [6.07, 6.45) is 2.46. The number of rotatable bonds is 1. The van der Waals surface area contributed by atoms with Crippen LogP contribution in [0.2, 0.25) is 0 Å².